The first kappa shape index (κ1) is 31.0. The highest BCUT2D eigenvalue weighted by Gasteiger charge is 2.55. The Morgan fingerprint density at radius 2 is 1.60 bits per heavy atom. The Balaban J connectivity index is 1.21. The van der Waals surface area contributed by atoms with Gasteiger partial charge >= 0.3 is 5.97 Å². The van der Waals surface area contributed by atoms with Gasteiger partial charge in [-0.1, -0.05) is 51.2 Å². The second-order valence-electron chi connectivity index (χ2n) is 12.4. The first-order valence-electron chi connectivity index (χ1n) is 15.9. The molecule has 2 saturated heterocycles. The number of aliphatic hydroxyl groups excluding tert-OH is 1. The van der Waals surface area contributed by atoms with E-state index in [-0.39, 0.29) is 23.3 Å². The molecule has 3 aliphatic rings. The maximum absolute atomic E-state index is 13.9. The van der Waals surface area contributed by atoms with E-state index in [4.69, 9.17) is 9.84 Å². The zero-order chi connectivity index (χ0) is 30.4. The Hall–Kier alpha value is -3.43. The summed E-state index contributed by atoms with van der Waals surface area (Å²) >= 11 is 0. The first-order chi connectivity index (χ1) is 20.8. The Labute approximate surface area is 254 Å². The molecule has 2 aromatic rings. The molecule has 0 radical (unpaired) electrons. The van der Waals surface area contributed by atoms with Crippen LogP contribution in [-0.4, -0.2) is 75.1 Å². The minimum Gasteiger partial charge on any atom is -0.478 e. The molecule has 9 heteroatoms. The second kappa shape index (κ2) is 13.9. The van der Waals surface area contributed by atoms with E-state index in [1.165, 1.54) is 18.6 Å². The third kappa shape index (κ3) is 7.04. The van der Waals surface area contributed by atoms with E-state index in [2.05, 4.69) is 17.1 Å². The summed E-state index contributed by atoms with van der Waals surface area (Å²) in [7, 11) is 0. The fraction of sp³-hybridized carbons (Fsp3) is 0.559. The number of piperazine rings is 1. The molecule has 2 atom stereocenters. The topological polar surface area (TPSA) is 119 Å². The number of unbranched alkanes of at least 4 members (excludes halogenated alkanes) is 2. The zero-order valence-corrected chi connectivity index (χ0v) is 25.2. The third-order valence-corrected chi connectivity index (χ3v) is 9.57. The van der Waals surface area contributed by atoms with E-state index in [1.807, 2.05) is 29.2 Å². The lowest BCUT2D eigenvalue weighted by Crippen LogP contribution is -2.75. The highest BCUT2D eigenvalue weighted by atomic mass is 16.5. The number of piperidine rings is 1. The number of carbonyl (C=O) groups is 3. The number of carboxylic acids is 1. The largest absolute Gasteiger partial charge is 0.478 e. The number of nitrogens with zero attached hydrogens (tertiary/aromatic N) is 2. The fourth-order valence-corrected chi connectivity index (χ4v) is 6.96. The summed E-state index contributed by atoms with van der Waals surface area (Å²) in [6.45, 7) is 4.78. The summed E-state index contributed by atoms with van der Waals surface area (Å²) in [6, 6.07) is 13.3. The van der Waals surface area contributed by atoms with Crippen LogP contribution in [0.15, 0.2) is 48.5 Å². The van der Waals surface area contributed by atoms with Gasteiger partial charge in [0.05, 0.1) is 11.7 Å². The van der Waals surface area contributed by atoms with E-state index < -0.39 is 23.7 Å². The van der Waals surface area contributed by atoms with Crippen molar-refractivity contribution in [1.29, 1.82) is 0 Å². The molecule has 0 bridgehead atoms. The number of hydrogen-bond donors (Lipinski definition) is 3. The fourth-order valence-electron chi connectivity index (χ4n) is 6.96. The molecule has 3 N–H and O–H groups in total. The number of ether oxygens (including phenoxy) is 1. The maximum atomic E-state index is 13.9. The predicted octanol–water partition coefficient (Wildman–Crippen LogP) is 4.97. The van der Waals surface area contributed by atoms with E-state index in [9.17, 15) is 19.5 Å². The van der Waals surface area contributed by atoms with Crippen molar-refractivity contribution in [1.82, 2.24) is 15.1 Å². The molecule has 0 aromatic heterocycles. The molecule has 1 spiro atoms. The lowest BCUT2D eigenvalue weighted by Gasteiger charge is -2.52. The highest BCUT2D eigenvalue weighted by Crippen LogP contribution is 2.36. The Morgan fingerprint density at radius 3 is 2.21 bits per heavy atom. The van der Waals surface area contributed by atoms with Crippen LogP contribution in [0.2, 0.25) is 0 Å². The van der Waals surface area contributed by atoms with Crippen LogP contribution in [0.4, 0.5) is 0 Å². The zero-order valence-electron chi connectivity index (χ0n) is 25.2. The van der Waals surface area contributed by atoms with Crippen molar-refractivity contribution in [2.45, 2.75) is 95.4 Å². The van der Waals surface area contributed by atoms with Crippen molar-refractivity contribution >= 4 is 17.8 Å². The van der Waals surface area contributed by atoms with Gasteiger partial charge in [-0.05, 0) is 80.0 Å². The lowest BCUT2D eigenvalue weighted by molar-refractivity contribution is -0.166. The monoisotopic (exact) mass is 591 g/mol. The summed E-state index contributed by atoms with van der Waals surface area (Å²) in [5.74, 6) is 0.0880. The molecular weight excluding hydrogens is 546 g/mol. The second-order valence-corrected chi connectivity index (χ2v) is 12.4. The van der Waals surface area contributed by atoms with E-state index in [1.54, 1.807) is 12.1 Å². The normalized spacial score (nSPS) is 21.9. The van der Waals surface area contributed by atoms with E-state index in [0.29, 0.717) is 44.0 Å². The summed E-state index contributed by atoms with van der Waals surface area (Å²) in [6.07, 6.45) is 8.29. The number of likely N-dealkylation sites (tertiary alicyclic amines) is 1. The average molecular weight is 592 g/mol. The molecule has 43 heavy (non-hydrogen) atoms. The number of aromatic carboxylic acids is 1. The van der Waals surface area contributed by atoms with Crippen LogP contribution in [0.3, 0.4) is 0 Å². The molecule has 0 unspecified atom stereocenters. The van der Waals surface area contributed by atoms with Crippen molar-refractivity contribution in [2.75, 3.05) is 19.6 Å². The Morgan fingerprint density at radius 1 is 0.977 bits per heavy atom. The molecular formula is C34H45N3O6. The van der Waals surface area contributed by atoms with Crippen molar-refractivity contribution in [2.24, 2.45) is 5.92 Å². The molecule has 1 aliphatic carbocycles. The molecule has 2 amide bonds. The highest BCUT2D eigenvalue weighted by molar-refractivity contribution is 6.00. The van der Waals surface area contributed by atoms with Crippen LogP contribution < -0.4 is 10.1 Å². The molecule has 9 nitrogen and oxygen atoms in total. The number of rotatable bonds is 11. The first-order valence-corrected chi connectivity index (χ1v) is 15.9. The van der Waals surface area contributed by atoms with Crippen molar-refractivity contribution in [3.8, 4) is 11.5 Å². The number of amides is 2. The summed E-state index contributed by atoms with van der Waals surface area (Å²) in [5.41, 5.74) is 0.462. The minimum atomic E-state index is -0.975. The van der Waals surface area contributed by atoms with Gasteiger partial charge in [-0.25, -0.2) is 4.79 Å². The lowest BCUT2D eigenvalue weighted by atomic mass is 9.78. The third-order valence-electron chi connectivity index (χ3n) is 9.57. The van der Waals surface area contributed by atoms with E-state index in [0.717, 1.165) is 57.1 Å². The van der Waals surface area contributed by atoms with Crippen LogP contribution in [-0.2, 0) is 16.1 Å². The van der Waals surface area contributed by atoms with E-state index >= 15 is 0 Å². The van der Waals surface area contributed by atoms with Crippen LogP contribution >= 0.6 is 0 Å². The van der Waals surface area contributed by atoms with Crippen molar-refractivity contribution in [3.05, 3.63) is 59.7 Å². The molecule has 1 saturated carbocycles. The SMILES string of the molecule is CCCCCN1C(=O)[C@@H]([C@H](O)C2CCCCC2)NC(=O)C12CCN(Cc1ccc(Oc3ccc(C(=O)O)cc3)cc1)CC2. The number of carboxylic acid groups (broad SMARTS) is 1. The average Bonchev–Trinajstić information content (AvgIpc) is 3.03. The molecule has 5 rings (SSSR count). The van der Waals surface area contributed by atoms with Crippen LogP contribution in [0.1, 0.15) is 87.1 Å². The standard InChI is InChI=1S/C34H45N3O6/c1-2-3-7-20-37-31(39)29(30(38)25-8-5-4-6-9-25)35-33(42)34(37)18-21-36(22-19-34)23-24-10-14-27(15-11-24)43-28-16-12-26(13-17-28)32(40)41/h10-17,25,29-30,38H,2-9,18-23H2,1H3,(H,35,42)(H,40,41)/t29-,30-/m1/s1. The quantitative estimate of drug-likeness (QED) is 0.316. The van der Waals surface area contributed by atoms with Crippen LogP contribution in [0.25, 0.3) is 0 Å². The summed E-state index contributed by atoms with van der Waals surface area (Å²) in [4.78, 5) is 42.9. The van der Waals surface area contributed by atoms with Gasteiger partial charge in [0.1, 0.15) is 23.1 Å². The predicted molar refractivity (Wildman–Crippen MR) is 163 cm³/mol. The van der Waals surface area contributed by atoms with Gasteiger partial charge in [-0.15, -0.1) is 0 Å². The number of aliphatic hydroxyl groups is 1. The van der Waals surface area contributed by atoms with Crippen LogP contribution in [0.5, 0.6) is 11.5 Å². The number of hydrogen-bond acceptors (Lipinski definition) is 6. The smallest absolute Gasteiger partial charge is 0.335 e. The van der Waals surface area contributed by atoms with Gasteiger partial charge in [0.25, 0.3) is 0 Å². The number of nitrogens with one attached hydrogen (secondary N) is 1. The number of benzene rings is 2. The van der Waals surface area contributed by atoms with Gasteiger partial charge in [-0.2, -0.15) is 0 Å². The molecule has 232 valence electrons. The van der Waals surface area contributed by atoms with Crippen LogP contribution in [0, 0.1) is 5.92 Å². The molecule has 2 heterocycles. The van der Waals surface area contributed by atoms with Gasteiger partial charge in [0, 0.05) is 26.2 Å². The van der Waals surface area contributed by atoms with Crippen molar-refractivity contribution in [3.63, 3.8) is 0 Å². The molecule has 2 aromatic carbocycles. The van der Waals surface area contributed by atoms with Gasteiger partial charge in [0.15, 0.2) is 0 Å². The Bertz CT molecular complexity index is 1250. The minimum absolute atomic E-state index is 0.0608. The maximum Gasteiger partial charge on any atom is 0.335 e. The van der Waals surface area contributed by atoms with Gasteiger partial charge < -0.3 is 25.2 Å². The molecule has 3 fully saturated rings. The van der Waals surface area contributed by atoms with Crippen molar-refractivity contribution < 1.29 is 29.3 Å². The number of carbonyl (C=O) groups excluding carboxylic acids is 2. The Kier molecular flexibility index (Phi) is 10.0. The van der Waals surface area contributed by atoms with Gasteiger partial charge in [0.2, 0.25) is 11.8 Å². The summed E-state index contributed by atoms with van der Waals surface area (Å²) in [5, 5.41) is 23.3. The summed E-state index contributed by atoms with van der Waals surface area (Å²) < 4.78 is 5.86. The molecule has 2 aliphatic heterocycles. The van der Waals surface area contributed by atoms with Gasteiger partial charge in [-0.3, -0.25) is 14.5 Å².